The van der Waals surface area contributed by atoms with Crippen molar-refractivity contribution < 1.29 is 0 Å². The molecule has 1 aromatic rings. The molecular weight excluding hydrogens is 244 g/mol. The summed E-state index contributed by atoms with van der Waals surface area (Å²) in [7, 11) is 0. The summed E-state index contributed by atoms with van der Waals surface area (Å²) >= 11 is 6.09. The Labute approximate surface area is 114 Å². The fourth-order valence-corrected chi connectivity index (χ4v) is 3.70. The maximum Gasteiger partial charge on any atom is 0.0408 e. The van der Waals surface area contributed by atoms with Crippen LogP contribution in [-0.4, -0.2) is 37.1 Å². The van der Waals surface area contributed by atoms with Crippen LogP contribution < -0.4 is 5.32 Å². The Balaban J connectivity index is 1.82. The molecule has 0 aromatic heterocycles. The molecular formula is C15H21ClN2. The van der Waals surface area contributed by atoms with Gasteiger partial charge in [0, 0.05) is 37.2 Å². The molecule has 98 valence electrons. The minimum Gasteiger partial charge on any atom is -0.314 e. The van der Waals surface area contributed by atoms with Crippen LogP contribution >= 0.6 is 11.6 Å². The van der Waals surface area contributed by atoms with Gasteiger partial charge >= 0.3 is 0 Å². The first kappa shape index (κ1) is 12.5. The van der Waals surface area contributed by atoms with Crippen LogP contribution in [0.15, 0.2) is 18.2 Å². The Morgan fingerprint density at radius 1 is 1.28 bits per heavy atom. The maximum absolute atomic E-state index is 6.09. The number of nitrogens with zero attached hydrogens (tertiary/aromatic N) is 1. The number of aryl methyl sites for hydroxylation is 1. The Morgan fingerprint density at radius 3 is 2.83 bits per heavy atom. The highest BCUT2D eigenvalue weighted by molar-refractivity contribution is 6.30. The first-order chi connectivity index (χ1) is 8.75. The van der Waals surface area contributed by atoms with Crippen molar-refractivity contribution in [3.63, 3.8) is 0 Å². The first-order valence-corrected chi connectivity index (χ1v) is 7.36. The number of benzene rings is 1. The van der Waals surface area contributed by atoms with Crippen LogP contribution in [-0.2, 0) is 6.42 Å². The van der Waals surface area contributed by atoms with Crippen molar-refractivity contribution in [3.05, 3.63) is 34.3 Å². The summed E-state index contributed by atoms with van der Waals surface area (Å²) < 4.78 is 0. The molecule has 1 aromatic carbocycles. The topological polar surface area (TPSA) is 15.3 Å². The smallest absolute Gasteiger partial charge is 0.0408 e. The lowest BCUT2D eigenvalue weighted by molar-refractivity contribution is 0.141. The van der Waals surface area contributed by atoms with E-state index in [1.807, 2.05) is 6.07 Å². The number of halogens is 1. The van der Waals surface area contributed by atoms with Crippen molar-refractivity contribution in [2.75, 3.05) is 26.2 Å². The summed E-state index contributed by atoms with van der Waals surface area (Å²) in [6.07, 6.45) is 2.45. The monoisotopic (exact) mass is 264 g/mol. The Bertz CT molecular complexity index is 427. The molecule has 1 aliphatic heterocycles. The third-order valence-electron chi connectivity index (χ3n) is 4.50. The van der Waals surface area contributed by atoms with Crippen molar-refractivity contribution in [1.29, 1.82) is 0 Å². The van der Waals surface area contributed by atoms with Crippen LogP contribution in [0.4, 0.5) is 0 Å². The zero-order valence-electron chi connectivity index (χ0n) is 11.0. The third kappa shape index (κ3) is 2.29. The average Bonchev–Trinajstić information content (AvgIpc) is 2.40. The molecule has 0 spiro atoms. The van der Waals surface area contributed by atoms with Crippen molar-refractivity contribution in [3.8, 4) is 0 Å². The van der Waals surface area contributed by atoms with Gasteiger partial charge in [-0.05, 0) is 42.0 Å². The number of fused-ring (bicyclic) bond motifs is 1. The van der Waals surface area contributed by atoms with Gasteiger partial charge in [0.1, 0.15) is 0 Å². The van der Waals surface area contributed by atoms with Crippen LogP contribution in [0, 0.1) is 0 Å². The lowest BCUT2D eigenvalue weighted by atomic mass is 9.79. The summed E-state index contributed by atoms with van der Waals surface area (Å²) in [5.74, 6) is 0.629. The van der Waals surface area contributed by atoms with E-state index in [4.69, 9.17) is 11.6 Å². The lowest BCUT2D eigenvalue weighted by Gasteiger charge is -2.41. The highest BCUT2D eigenvalue weighted by Gasteiger charge is 2.31. The number of hydrogen-bond donors (Lipinski definition) is 1. The van der Waals surface area contributed by atoms with Crippen LogP contribution in [0.2, 0.25) is 5.02 Å². The largest absolute Gasteiger partial charge is 0.314 e. The molecule has 18 heavy (non-hydrogen) atoms. The molecule has 2 aliphatic rings. The molecule has 0 amide bonds. The molecule has 2 atom stereocenters. The number of rotatable bonds is 1. The van der Waals surface area contributed by atoms with Gasteiger partial charge in [0.25, 0.3) is 0 Å². The minimum atomic E-state index is 0.629. The average molecular weight is 265 g/mol. The minimum absolute atomic E-state index is 0.629. The van der Waals surface area contributed by atoms with E-state index in [-0.39, 0.29) is 0 Å². The van der Waals surface area contributed by atoms with E-state index in [0.29, 0.717) is 12.0 Å². The van der Waals surface area contributed by atoms with Crippen molar-refractivity contribution in [2.24, 2.45) is 0 Å². The van der Waals surface area contributed by atoms with Gasteiger partial charge in [-0.3, -0.25) is 4.90 Å². The third-order valence-corrected chi connectivity index (χ3v) is 4.74. The highest BCUT2D eigenvalue weighted by atomic mass is 35.5. The molecule has 1 saturated heterocycles. The van der Waals surface area contributed by atoms with Crippen LogP contribution in [0.1, 0.15) is 30.4 Å². The SMILES string of the molecule is C[C@H]1c2ccc(Cl)cc2CC[C@H]1N1CCNCC1. The molecule has 1 heterocycles. The van der Waals surface area contributed by atoms with Crippen molar-refractivity contribution in [2.45, 2.75) is 31.7 Å². The quantitative estimate of drug-likeness (QED) is 0.839. The van der Waals surface area contributed by atoms with E-state index < -0.39 is 0 Å². The molecule has 0 saturated carbocycles. The van der Waals surface area contributed by atoms with Crippen molar-refractivity contribution in [1.82, 2.24) is 10.2 Å². The molecule has 0 radical (unpaired) electrons. The summed E-state index contributed by atoms with van der Waals surface area (Å²) in [5, 5.41) is 4.31. The predicted molar refractivity (Wildman–Crippen MR) is 76.4 cm³/mol. The molecule has 3 rings (SSSR count). The Morgan fingerprint density at radius 2 is 2.06 bits per heavy atom. The summed E-state index contributed by atoms with van der Waals surface area (Å²) in [4.78, 5) is 2.67. The van der Waals surface area contributed by atoms with Crippen molar-refractivity contribution >= 4 is 11.6 Å². The zero-order valence-corrected chi connectivity index (χ0v) is 11.7. The van der Waals surface area contributed by atoms with Crippen LogP contribution in [0.5, 0.6) is 0 Å². The van der Waals surface area contributed by atoms with E-state index in [2.05, 4.69) is 29.3 Å². The zero-order chi connectivity index (χ0) is 12.5. The number of nitrogens with one attached hydrogen (secondary N) is 1. The summed E-state index contributed by atoms with van der Waals surface area (Å²) in [5.41, 5.74) is 2.97. The van der Waals surface area contributed by atoms with E-state index in [0.717, 1.165) is 18.1 Å². The van der Waals surface area contributed by atoms with E-state index in [1.54, 1.807) is 0 Å². The fourth-order valence-electron chi connectivity index (χ4n) is 3.51. The Kier molecular flexibility index (Phi) is 3.60. The number of hydrogen-bond acceptors (Lipinski definition) is 2. The van der Waals surface area contributed by atoms with E-state index in [9.17, 15) is 0 Å². The second kappa shape index (κ2) is 5.20. The molecule has 0 unspecified atom stereocenters. The second-order valence-corrected chi connectivity index (χ2v) is 5.96. The fraction of sp³-hybridized carbons (Fsp3) is 0.600. The van der Waals surface area contributed by atoms with Gasteiger partial charge in [-0.2, -0.15) is 0 Å². The van der Waals surface area contributed by atoms with Gasteiger partial charge in [-0.1, -0.05) is 24.6 Å². The molecule has 0 bridgehead atoms. The van der Waals surface area contributed by atoms with E-state index >= 15 is 0 Å². The molecule has 1 fully saturated rings. The Hall–Kier alpha value is -0.570. The first-order valence-electron chi connectivity index (χ1n) is 6.99. The van der Waals surface area contributed by atoms with Gasteiger partial charge in [-0.25, -0.2) is 0 Å². The van der Waals surface area contributed by atoms with Gasteiger partial charge in [0.2, 0.25) is 0 Å². The van der Waals surface area contributed by atoms with E-state index in [1.165, 1.54) is 37.1 Å². The van der Waals surface area contributed by atoms with Gasteiger partial charge in [-0.15, -0.1) is 0 Å². The summed E-state index contributed by atoms with van der Waals surface area (Å²) in [6, 6.07) is 7.13. The molecule has 3 heteroatoms. The molecule has 1 N–H and O–H groups in total. The van der Waals surface area contributed by atoms with Gasteiger partial charge in [0.15, 0.2) is 0 Å². The van der Waals surface area contributed by atoms with Gasteiger partial charge in [0.05, 0.1) is 0 Å². The van der Waals surface area contributed by atoms with Gasteiger partial charge < -0.3 is 5.32 Å². The predicted octanol–water partition coefficient (Wildman–Crippen LogP) is 2.66. The van der Waals surface area contributed by atoms with Crippen LogP contribution in [0.3, 0.4) is 0 Å². The lowest BCUT2D eigenvalue weighted by Crippen LogP contribution is -2.51. The highest BCUT2D eigenvalue weighted by Crippen LogP contribution is 2.35. The number of piperazine rings is 1. The molecule has 2 nitrogen and oxygen atoms in total. The standard InChI is InChI=1S/C15H21ClN2/c1-11-14-4-3-13(16)10-12(14)2-5-15(11)18-8-6-17-7-9-18/h3-4,10-11,15,17H,2,5-9H2,1H3/t11-,15+/m0/s1. The van der Waals surface area contributed by atoms with Crippen LogP contribution in [0.25, 0.3) is 0 Å². The maximum atomic E-state index is 6.09. The second-order valence-electron chi connectivity index (χ2n) is 5.52. The normalized spacial score (nSPS) is 29.0. The molecule has 1 aliphatic carbocycles. The summed E-state index contributed by atoms with van der Waals surface area (Å²) in [6.45, 7) is 7.03.